The van der Waals surface area contributed by atoms with Crippen LogP contribution in [0.15, 0.2) is 53.4 Å². The fourth-order valence-corrected chi connectivity index (χ4v) is 3.88. The fraction of sp³-hybridized carbons (Fsp3) is 0.333. The van der Waals surface area contributed by atoms with E-state index in [-0.39, 0.29) is 6.10 Å². The molecule has 0 saturated carbocycles. The van der Waals surface area contributed by atoms with Crippen molar-refractivity contribution in [1.82, 2.24) is 0 Å². The van der Waals surface area contributed by atoms with Crippen molar-refractivity contribution in [3.05, 3.63) is 59.9 Å². The third-order valence-corrected chi connectivity index (χ3v) is 5.53. The first-order chi connectivity index (χ1) is 13.5. The molecule has 1 amide bonds. The number of halogens is 1. The number of anilines is 1. The zero-order valence-electron chi connectivity index (χ0n) is 15.5. The summed E-state index contributed by atoms with van der Waals surface area (Å²) in [6.45, 7) is 2.29. The Morgan fingerprint density at radius 3 is 2.71 bits per heavy atom. The van der Waals surface area contributed by atoms with Gasteiger partial charge in [0.15, 0.2) is 6.10 Å². The first-order valence-electron chi connectivity index (χ1n) is 9.14. The quantitative estimate of drug-likeness (QED) is 0.552. The monoisotopic (exact) mass is 403 g/mol. The van der Waals surface area contributed by atoms with E-state index in [1.54, 1.807) is 23.9 Å². The van der Waals surface area contributed by atoms with Crippen LogP contribution in [-0.4, -0.2) is 36.4 Å². The molecule has 1 fully saturated rings. The molecule has 1 N–H and O–H groups in total. The molecule has 0 aromatic heterocycles. The van der Waals surface area contributed by atoms with Crippen molar-refractivity contribution in [3.8, 4) is 0 Å². The summed E-state index contributed by atoms with van der Waals surface area (Å²) in [6.07, 6.45) is 1.30. The maximum absolute atomic E-state index is 12.9. The zero-order chi connectivity index (χ0) is 19.9. The third kappa shape index (κ3) is 5.56. The predicted octanol–water partition coefficient (Wildman–Crippen LogP) is 4.28. The van der Waals surface area contributed by atoms with Gasteiger partial charge in [-0.1, -0.05) is 12.1 Å². The van der Waals surface area contributed by atoms with E-state index >= 15 is 0 Å². The number of carbonyl (C=O) groups excluding carboxylic acids is 2. The van der Waals surface area contributed by atoms with E-state index < -0.39 is 23.8 Å². The van der Waals surface area contributed by atoms with Crippen LogP contribution in [0.5, 0.6) is 0 Å². The second kappa shape index (κ2) is 9.71. The highest BCUT2D eigenvalue weighted by molar-refractivity contribution is 7.99. The van der Waals surface area contributed by atoms with Crippen LogP contribution in [0.4, 0.5) is 10.1 Å². The molecule has 0 bridgehead atoms. The van der Waals surface area contributed by atoms with Crippen molar-refractivity contribution in [3.63, 3.8) is 0 Å². The predicted molar refractivity (Wildman–Crippen MR) is 106 cm³/mol. The molecule has 3 rings (SSSR count). The number of hydrogen-bond donors (Lipinski definition) is 1. The molecule has 5 nitrogen and oxygen atoms in total. The Balaban J connectivity index is 1.58. The molecule has 148 valence electrons. The lowest BCUT2D eigenvalue weighted by Crippen LogP contribution is -2.30. The van der Waals surface area contributed by atoms with Crippen LogP contribution in [0.3, 0.4) is 0 Å². The lowest BCUT2D eigenvalue weighted by molar-refractivity contribution is -0.123. The van der Waals surface area contributed by atoms with E-state index in [4.69, 9.17) is 9.47 Å². The third-order valence-electron chi connectivity index (χ3n) is 4.32. The Morgan fingerprint density at radius 1 is 1.25 bits per heavy atom. The fourth-order valence-electron chi connectivity index (χ4n) is 2.77. The van der Waals surface area contributed by atoms with Crippen LogP contribution in [0.1, 0.15) is 30.1 Å². The minimum Gasteiger partial charge on any atom is -0.449 e. The minimum atomic E-state index is -0.992. The molecule has 2 atom stereocenters. The molecule has 2 aromatic rings. The first kappa shape index (κ1) is 20.4. The Kier molecular flexibility index (Phi) is 7.06. The van der Waals surface area contributed by atoms with Crippen LogP contribution in [0.25, 0.3) is 0 Å². The summed E-state index contributed by atoms with van der Waals surface area (Å²) in [7, 11) is 0. The lowest BCUT2D eigenvalue weighted by atomic mass is 10.2. The lowest BCUT2D eigenvalue weighted by Gasteiger charge is -2.15. The highest BCUT2D eigenvalue weighted by atomic mass is 32.2. The Morgan fingerprint density at radius 2 is 2.00 bits per heavy atom. The second-order valence-electron chi connectivity index (χ2n) is 6.49. The van der Waals surface area contributed by atoms with E-state index in [0.717, 1.165) is 30.1 Å². The molecular formula is C21H22FNO4S. The average Bonchev–Trinajstić information content (AvgIpc) is 3.22. The molecule has 1 aliphatic rings. The summed E-state index contributed by atoms with van der Waals surface area (Å²) < 4.78 is 23.9. The standard InChI is InChI=1S/C21H22FNO4S/c1-14(20(24)23-16-10-8-15(22)9-11-16)27-21(25)18-6-2-3-7-19(18)28-13-17-5-4-12-26-17/h2-3,6-11,14,17H,4-5,12-13H2,1H3,(H,23,24)/t14-,17-/m1/s1. The maximum atomic E-state index is 12.9. The summed E-state index contributed by atoms with van der Waals surface area (Å²) >= 11 is 1.55. The number of ether oxygens (including phenoxy) is 2. The highest BCUT2D eigenvalue weighted by Crippen LogP contribution is 2.27. The molecule has 0 radical (unpaired) electrons. The van der Waals surface area contributed by atoms with Crippen LogP contribution >= 0.6 is 11.8 Å². The molecule has 1 saturated heterocycles. The Labute approximate surface area is 167 Å². The van der Waals surface area contributed by atoms with E-state index in [1.165, 1.54) is 31.2 Å². The van der Waals surface area contributed by atoms with Gasteiger partial charge in [0.25, 0.3) is 5.91 Å². The number of carbonyl (C=O) groups is 2. The summed E-state index contributed by atoms with van der Waals surface area (Å²) in [5, 5.41) is 2.60. The second-order valence-corrected chi connectivity index (χ2v) is 7.55. The number of rotatable bonds is 7. The maximum Gasteiger partial charge on any atom is 0.340 e. The van der Waals surface area contributed by atoms with E-state index in [0.29, 0.717) is 11.3 Å². The van der Waals surface area contributed by atoms with Crippen molar-refractivity contribution in [2.45, 2.75) is 36.9 Å². The summed E-state index contributed by atoms with van der Waals surface area (Å²) in [5.41, 5.74) is 0.855. The minimum absolute atomic E-state index is 0.203. The largest absolute Gasteiger partial charge is 0.449 e. The highest BCUT2D eigenvalue weighted by Gasteiger charge is 2.22. The van der Waals surface area contributed by atoms with Gasteiger partial charge in [-0.15, -0.1) is 11.8 Å². The SMILES string of the molecule is C[C@@H](OC(=O)c1ccccc1SC[C@H]1CCCO1)C(=O)Nc1ccc(F)cc1. The molecule has 2 aromatic carbocycles. The summed E-state index contributed by atoms with van der Waals surface area (Å²) in [5.74, 6) is -0.665. The van der Waals surface area contributed by atoms with Gasteiger partial charge in [0.2, 0.25) is 0 Å². The van der Waals surface area contributed by atoms with Crippen LogP contribution in [0, 0.1) is 5.82 Å². The molecular weight excluding hydrogens is 381 g/mol. The molecule has 28 heavy (non-hydrogen) atoms. The topological polar surface area (TPSA) is 64.6 Å². The number of hydrogen-bond acceptors (Lipinski definition) is 5. The van der Waals surface area contributed by atoms with Crippen molar-refractivity contribution in [2.24, 2.45) is 0 Å². The van der Waals surface area contributed by atoms with E-state index in [1.807, 2.05) is 12.1 Å². The van der Waals surface area contributed by atoms with Crippen LogP contribution in [-0.2, 0) is 14.3 Å². The summed E-state index contributed by atoms with van der Waals surface area (Å²) in [4.78, 5) is 25.6. The van der Waals surface area contributed by atoms with Gasteiger partial charge in [-0.3, -0.25) is 4.79 Å². The number of amides is 1. The van der Waals surface area contributed by atoms with Crippen molar-refractivity contribution < 1.29 is 23.5 Å². The zero-order valence-corrected chi connectivity index (χ0v) is 16.3. The van der Waals surface area contributed by atoms with E-state index in [9.17, 15) is 14.0 Å². The number of nitrogens with one attached hydrogen (secondary N) is 1. The van der Waals surface area contributed by atoms with Gasteiger partial charge in [0.05, 0.1) is 11.7 Å². The molecule has 7 heteroatoms. The number of esters is 1. The van der Waals surface area contributed by atoms with Gasteiger partial charge >= 0.3 is 5.97 Å². The number of thioether (sulfide) groups is 1. The average molecular weight is 403 g/mol. The van der Waals surface area contributed by atoms with Gasteiger partial charge in [-0.05, 0) is 56.2 Å². The molecule has 1 heterocycles. The van der Waals surface area contributed by atoms with E-state index in [2.05, 4.69) is 5.32 Å². The van der Waals surface area contributed by atoms with Gasteiger partial charge in [0.1, 0.15) is 5.82 Å². The normalized spacial score (nSPS) is 17.1. The first-order valence-corrected chi connectivity index (χ1v) is 10.1. The van der Waals surface area contributed by atoms with Crippen molar-refractivity contribution in [1.29, 1.82) is 0 Å². The van der Waals surface area contributed by atoms with Gasteiger partial charge in [-0.2, -0.15) is 0 Å². The summed E-state index contributed by atoms with van der Waals surface area (Å²) in [6, 6.07) is 12.5. The van der Waals surface area contributed by atoms with Crippen molar-refractivity contribution in [2.75, 3.05) is 17.7 Å². The molecule has 1 aliphatic heterocycles. The van der Waals surface area contributed by atoms with Gasteiger partial charge in [-0.25, -0.2) is 9.18 Å². The Bertz CT molecular complexity index is 821. The van der Waals surface area contributed by atoms with Crippen LogP contribution in [0.2, 0.25) is 0 Å². The smallest absolute Gasteiger partial charge is 0.340 e. The molecule has 0 spiro atoms. The number of benzene rings is 2. The Hall–Kier alpha value is -2.38. The molecule has 0 aliphatic carbocycles. The molecule has 0 unspecified atom stereocenters. The van der Waals surface area contributed by atoms with Gasteiger partial charge in [0, 0.05) is 22.9 Å². The van der Waals surface area contributed by atoms with Gasteiger partial charge < -0.3 is 14.8 Å². The van der Waals surface area contributed by atoms with Crippen LogP contribution < -0.4 is 5.32 Å². The van der Waals surface area contributed by atoms with Crippen molar-refractivity contribution >= 4 is 29.3 Å².